The van der Waals surface area contributed by atoms with Crippen molar-refractivity contribution in [2.45, 2.75) is 33.1 Å². The number of hydrogen-bond acceptors (Lipinski definition) is 4. The van der Waals surface area contributed by atoms with E-state index in [9.17, 15) is 5.26 Å². The molecule has 1 atom stereocenters. The highest BCUT2D eigenvalue weighted by molar-refractivity contribution is 8.69. The lowest BCUT2D eigenvalue weighted by Gasteiger charge is -2.38. The van der Waals surface area contributed by atoms with E-state index in [1.165, 1.54) is 0 Å². The van der Waals surface area contributed by atoms with Gasteiger partial charge in [-0.15, -0.1) is 0 Å². The van der Waals surface area contributed by atoms with Crippen LogP contribution in [0.1, 0.15) is 33.1 Å². The maximum absolute atomic E-state index is 9.48. The molecule has 2 aliphatic rings. The van der Waals surface area contributed by atoms with Crippen LogP contribution in [0.4, 0.5) is 0 Å². The maximum atomic E-state index is 9.48. The van der Waals surface area contributed by atoms with E-state index in [1.807, 2.05) is 6.26 Å². The van der Waals surface area contributed by atoms with Crippen LogP contribution >= 0.6 is 16.9 Å². The van der Waals surface area contributed by atoms with Gasteiger partial charge in [0.05, 0.1) is 0 Å². The molecule has 7 heteroatoms. The van der Waals surface area contributed by atoms with Crippen LogP contribution in [0, 0.1) is 17.2 Å². The summed E-state index contributed by atoms with van der Waals surface area (Å²) in [7, 11) is 0. The molecular weight excluding hydrogens is 307 g/mol. The average molecular weight is 328 g/mol. The Morgan fingerprint density at radius 2 is 2.35 bits per heavy atom. The second-order valence-electron chi connectivity index (χ2n) is 5.39. The van der Waals surface area contributed by atoms with Gasteiger partial charge in [0.15, 0.2) is 5.54 Å². The van der Waals surface area contributed by atoms with Crippen LogP contribution in [0.15, 0.2) is 16.3 Å². The number of amidine groups is 1. The summed E-state index contributed by atoms with van der Waals surface area (Å²) < 4.78 is 2.26. The number of fused-ring (bicyclic) bond motifs is 1. The van der Waals surface area contributed by atoms with E-state index in [2.05, 4.69) is 34.7 Å². The molecule has 1 saturated heterocycles. The van der Waals surface area contributed by atoms with E-state index in [-0.39, 0.29) is 0 Å². The molecule has 1 fully saturated rings. The van der Waals surface area contributed by atoms with Gasteiger partial charge in [-0.2, -0.15) is 5.26 Å². The molecule has 2 aliphatic heterocycles. The molecule has 0 aromatic heterocycles. The topological polar surface area (TPSA) is 51.4 Å². The van der Waals surface area contributed by atoms with E-state index < -0.39 is 5.54 Å². The lowest BCUT2D eigenvalue weighted by molar-refractivity contribution is 0.595. The van der Waals surface area contributed by atoms with Crippen molar-refractivity contribution in [2.24, 2.45) is 10.9 Å². The molecule has 2 rings (SSSR count). The van der Waals surface area contributed by atoms with E-state index in [0.29, 0.717) is 11.5 Å². The van der Waals surface area contributed by atoms with Crippen LogP contribution in [-0.2, 0) is 11.8 Å². The number of rotatable bonds is 4. The van der Waals surface area contributed by atoms with Crippen LogP contribution < -0.4 is 5.09 Å². The molecule has 110 valence electrons. The second kappa shape index (κ2) is 6.51. The Morgan fingerprint density at radius 1 is 1.60 bits per heavy atom. The lowest BCUT2D eigenvalue weighted by Crippen LogP contribution is -2.35. The Labute approximate surface area is 130 Å². The number of nitriles is 1. The molecule has 0 aliphatic carbocycles. The first-order valence-electron chi connectivity index (χ1n) is 6.92. The van der Waals surface area contributed by atoms with Crippen molar-refractivity contribution < 1.29 is 0 Å². The molecule has 0 radical (unpaired) electrons. The first-order valence-corrected chi connectivity index (χ1v) is 11.5. The van der Waals surface area contributed by atoms with Gasteiger partial charge >= 0.3 is 0 Å². The van der Waals surface area contributed by atoms with Gasteiger partial charge in [0.25, 0.3) is 0 Å². The highest BCUT2D eigenvalue weighted by Crippen LogP contribution is 2.62. The van der Waals surface area contributed by atoms with Crippen LogP contribution in [-0.4, -0.2) is 29.9 Å². The highest BCUT2D eigenvalue weighted by Gasteiger charge is 2.38. The van der Waals surface area contributed by atoms with Crippen molar-refractivity contribution in [3.63, 3.8) is 0 Å². The fourth-order valence-corrected chi connectivity index (χ4v) is 6.65. The third kappa shape index (κ3) is 3.05. The second-order valence-corrected chi connectivity index (χ2v) is 12.5. The number of hydrogen-bond donors (Lipinski definition) is 1. The van der Waals surface area contributed by atoms with Crippen molar-refractivity contribution in [2.75, 3.05) is 19.3 Å². The zero-order chi connectivity index (χ0) is 14.8. The minimum absolute atomic E-state index is 0.618. The summed E-state index contributed by atoms with van der Waals surface area (Å²) in [6, 6.07) is 2.33. The van der Waals surface area contributed by atoms with Gasteiger partial charge in [-0.05, 0) is 43.2 Å². The van der Waals surface area contributed by atoms with E-state index in [1.54, 1.807) is 11.4 Å². The number of allylic oxidation sites excluding steroid dienone is 1. The van der Waals surface area contributed by atoms with Crippen molar-refractivity contribution in [1.82, 2.24) is 9.76 Å². The van der Waals surface area contributed by atoms with Crippen LogP contribution in [0.5, 0.6) is 0 Å². The maximum Gasteiger partial charge on any atom is 0.178 e. The fourth-order valence-electron chi connectivity index (χ4n) is 2.40. The average Bonchev–Trinajstić information content (AvgIpc) is 2.89. The smallest absolute Gasteiger partial charge is 0.178 e. The summed E-state index contributed by atoms with van der Waals surface area (Å²) in [6.45, 7) is 6.08. The molecule has 0 spiro atoms. The van der Waals surface area contributed by atoms with Gasteiger partial charge < -0.3 is 9.76 Å². The van der Waals surface area contributed by atoms with Crippen LogP contribution in [0.25, 0.3) is 0 Å². The molecule has 2 heterocycles. The molecule has 4 nitrogen and oxygen atoms in total. The van der Waals surface area contributed by atoms with Gasteiger partial charge in [0.2, 0.25) is 0 Å². The first-order chi connectivity index (χ1) is 9.51. The summed E-state index contributed by atoms with van der Waals surface area (Å²) in [5.41, 5.74) is -0.0483. The SMILES string of the molecule is CS[P@]1(=S)NC(=NCCC(C)C)C(C#N)=C2CCCN21. The van der Waals surface area contributed by atoms with E-state index >= 15 is 0 Å². The Morgan fingerprint density at radius 3 is 2.95 bits per heavy atom. The molecule has 0 aromatic rings. The standard InChI is InChI=1S/C13H21N4PS2/c1-10(2)6-7-15-13-11(9-14)12-5-4-8-17(12)18(19,16-13)20-3/h10H,4-8H2,1-3H3,(H,15,16,19)/t18-/m1/s1. The molecule has 1 N–H and O–H groups in total. The van der Waals surface area contributed by atoms with E-state index in [4.69, 9.17) is 11.8 Å². The van der Waals surface area contributed by atoms with Crippen molar-refractivity contribution in [1.29, 1.82) is 5.26 Å². The molecule has 20 heavy (non-hydrogen) atoms. The van der Waals surface area contributed by atoms with Gasteiger partial charge in [-0.25, -0.2) is 0 Å². The Bertz CT molecular complexity index is 533. The Balaban J connectivity index is 2.35. The summed E-state index contributed by atoms with van der Waals surface area (Å²) in [4.78, 5) is 4.63. The summed E-state index contributed by atoms with van der Waals surface area (Å²) >= 11 is 7.53. The number of nitrogens with one attached hydrogen (secondary N) is 1. The third-order valence-electron chi connectivity index (χ3n) is 3.52. The lowest BCUT2D eigenvalue weighted by atomic mass is 10.1. The minimum Gasteiger partial charge on any atom is -0.323 e. The van der Waals surface area contributed by atoms with Crippen molar-refractivity contribution in [3.8, 4) is 6.07 Å². The molecule has 0 amide bonds. The summed E-state index contributed by atoms with van der Waals surface area (Å²) in [5.74, 6) is 1.35. The normalized spacial score (nSPS) is 27.8. The number of nitrogens with zero attached hydrogens (tertiary/aromatic N) is 3. The van der Waals surface area contributed by atoms with Gasteiger partial charge in [0.1, 0.15) is 17.5 Å². The Hall–Kier alpha value is -0.500. The van der Waals surface area contributed by atoms with E-state index in [0.717, 1.165) is 43.9 Å². The van der Waals surface area contributed by atoms with Crippen molar-refractivity contribution in [3.05, 3.63) is 11.3 Å². The van der Waals surface area contributed by atoms with Gasteiger partial charge in [-0.3, -0.25) is 4.99 Å². The van der Waals surface area contributed by atoms with Crippen molar-refractivity contribution >= 4 is 34.6 Å². The van der Waals surface area contributed by atoms with Crippen LogP contribution in [0.3, 0.4) is 0 Å². The first kappa shape index (κ1) is 15.9. The largest absolute Gasteiger partial charge is 0.323 e. The molecule has 0 saturated carbocycles. The van der Waals surface area contributed by atoms with Crippen LogP contribution in [0.2, 0.25) is 0 Å². The molecule has 0 unspecified atom stereocenters. The monoisotopic (exact) mass is 328 g/mol. The molecule has 0 aromatic carbocycles. The Kier molecular flexibility index (Phi) is 5.17. The molecular formula is C13H21N4PS2. The quantitative estimate of drug-likeness (QED) is 0.801. The summed E-state index contributed by atoms with van der Waals surface area (Å²) in [6.07, 6.45) is 5.12. The summed E-state index contributed by atoms with van der Waals surface area (Å²) in [5, 5.41) is 12.9. The fraction of sp³-hybridized carbons (Fsp3) is 0.692. The third-order valence-corrected chi connectivity index (χ3v) is 10.1. The zero-order valence-electron chi connectivity index (χ0n) is 12.2. The minimum atomic E-state index is -1.88. The van der Waals surface area contributed by atoms with Gasteiger partial charge in [-0.1, -0.05) is 25.2 Å². The predicted molar refractivity (Wildman–Crippen MR) is 91.3 cm³/mol. The predicted octanol–water partition coefficient (Wildman–Crippen LogP) is 3.50. The highest BCUT2D eigenvalue weighted by atomic mass is 32.9. The number of aliphatic imine (C=N–C) groups is 1. The molecule has 0 bridgehead atoms. The van der Waals surface area contributed by atoms with Gasteiger partial charge in [0, 0.05) is 18.8 Å². The zero-order valence-corrected chi connectivity index (χ0v) is 14.7.